The molecule has 0 radical (unpaired) electrons. The maximum absolute atomic E-state index is 13.8. The van der Waals surface area contributed by atoms with E-state index in [1.807, 2.05) is 32.6 Å². The molecular formula is C45H56N8O8. The van der Waals surface area contributed by atoms with Gasteiger partial charge < -0.3 is 48.8 Å². The quantitative estimate of drug-likeness (QED) is 0.0754. The molecule has 61 heavy (non-hydrogen) atoms. The van der Waals surface area contributed by atoms with E-state index in [-0.39, 0.29) is 49.8 Å². The lowest BCUT2D eigenvalue weighted by molar-refractivity contribution is -0.145. The van der Waals surface area contributed by atoms with Crippen molar-refractivity contribution in [3.63, 3.8) is 0 Å². The first-order chi connectivity index (χ1) is 29.6. The Balaban J connectivity index is 1.03. The van der Waals surface area contributed by atoms with E-state index in [0.717, 1.165) is 44.4 Å². The summed E-state index contributed by atoms with van der Waals surface area (Å²) in [5.74, 6) is 0.957. The van der Waals surface area contributed by atoms with Gasteiger partial charge >= 0.3 is 6.09 Å². The number of hydrogen-bond acceptors (Lipinski definition) is 11. The number of amides is 3. The molecule has 4 heterocycles. The molecule has 0 unspecified atom stereocenters. The van der Waals surface area contributed by atoms with E-state index in [2.05, 4.69) is 86.2 Å². The van der Waals surface area contributed by atoms with E-state index in [9.17, 15) is 14.4 Å². The van der Waals surface area contributed by atoms with E-state index < -0.39 is 24.2 Å². The van der Waals surface area contributed by atoms with Gasteiger partial charge in [-0.25, -0.2) is 14.8 Å². The highest BCUT2D eigenvalue weighted by Gasteiger charge is 2.38. The Labute approximate surface area is 355 Å². The van der Waals surface area contributed by atoms with E-state index in [0.29, 0.717) is 44.6 Å². The topological polar surface area (TPSA) is 185 Å². The van der Waals surface area contributed by atoms with Crippen LogP contribution in [-0.2, 0) is 33.3 Å². The normalized spacial score (nSPS) is 18.1. The van der Waals surface area contributed by atoms with Gasteiger partial charge in [-0.3, -0.25) is 14.9 Å². The van der Waals surface area contributed by atoms with Crippen LogP contribution in [0.25, 0.3) is 44.4 Å². The average molecular weight is 837 g/mol. The fourth-order valence-electron chi connectivity index (χ4n) is 7.87. The highest BCUT2D eigenvalue weighted by molar-refractivity contribution is 5.91. The Morgan fingerprint density at radius 3 is 1.79 bits per heavy atom. The van der Waals surface area contributed by atoms with Crippen LogP contribution < -0.4 is 10.6 Å². The van der Waals surface area contributed by atoms with Crippen molar-refractivity contribution in [3.8, 4) is 33.6 Å². The zero-order valence-corrected chi connectivity index (χ0v) is 35.6. The summed E-state index contributed by atoms with van der Waals surface area (Å²) in [5, 5.41) is 8.07. The van der Waals surface area contributed by atoms with Crippen molar-refractivity contribution in [2.75, 3.05) is 67.3 Å². The summed E-state index contributed by atoms with van der Waals surface area (Å²) in [7, 11) is 2.84. The van der Waals surface area contributed by atoms with Crippen LogP contribution in [0.4, 0.5) is 4.79 Å². The number of methoxy groups -OCH3 is 2. The summed E-state index contributed by atoms with van der Waals surface area (Å²) in [6.45, 7) is 10.5. The molecule has 2 aliphatic heterocycles. The van der Waals surface area contributed by atoms with Crippen LogP contribution in [0.15, 0.2) is 73.1 Å². The summed E-state index contributed by atoms with van der Waals surface area (Å²) in [4.78, 5) is 59.4. The molecule has 2 aliphatic rings. The maximum Gasteiger partial charge on any atom is 0.407 e. The molecule has 324 valence electrons. The molecule has 0 saturated carbocycles. The smallest absolute Gasteiger partial charge is 0.407 e. The predicted octanol–water partition coefficient (Wildman–Crippen LogP) is 5.66. The van der Waals surface area contributed by atoms with Crippen molar-refractivity contribution in [1.82, 2.24) is 40.4 Å². The van der Waals surface area contributed by atoms with Crippen LogP contribution in [-0.4, -0.2) is 127 Å². The molecule has 5 aromatic rings. The summed E-state index contributed by atoms with van der Waals surface area (Å²) >= 11 is 0. The number of benzene rings is 3. The van der Waals surface area contributed by atoms with Gasteiger partial charge in [0.05, 0.1) is 63.4 Å². The molecule has 2 saturated heterocycles. The largest absolute Gasteiger partial charge is 0.453 e. The van der Waals surface area contributed by atoms with E-state index in [4.69, 9.17) is 28.7 Å². The molecule has 2 aromatic heterocycles. The Kier molecular flexibility index (Phi) is 14.1. The molecule has 16 nitrogen and oxygen atoms in total. The Morgan fingerprint density at radius 1 is 0.721 bits per heavy atom. The Bertz CT molecular complexity index is 2270. The van der Waals surface area contributed by atoms with E-state index in [1.165, 1.54) is 7.11 Å². The number of aromatic amines is 2. The van der Waals surface area contributed by atoms with Crippen molar-refractivity contribution in [3.05, 3.63) is 84.7 Å². The summed E-state index contributed by atoms with van der Waals surface area (Å²) in [6.07, 6.45) is 2.93. The molecule has 0 spiro atoms. The number of rotatable bonds is 15. The maximum atomic E-state index is 13.8. The molecule has 16 heteroatoms. The molecule has 4 atom stereocenters. The third-order valence-corrected chi connectivity index (χ3v) is 11.3. The zero-order chi connectivity index (χ0) is 43.0. The predicted molar refractivity (Wildman–Crippen MR) is 229 cm³/mol. The standard InChI is InChI=1S/C45H56N8O8/c1-27(2)39(48-25-61-26-57-5)43(54)52-15-17-59-23-37(52)41-46-21-35(49-41)30-9-7-29(8-10-30)31-11-12-33-20-34(14-13-32(33)19-31)36-22-47-42(50-36)38-24-60-18-16-53(38)44(55)40(28(3)4)51-45(56)58-6/h7-14,19-22,27-28,37-40,48H,15-18,23-26H2,1-6H3,(H,46,49)(H,47,50)(H,51,56)/t37-,38-,39-,40-/m0/s1. The lowest BCUT2D eigenvalue weighted by Gasteiger charge is -2.37. The molecule has 3 amide bonds. The van der Waals surface area contributed by atoms with Gasteiger partial charge in [0.15, 0.2) is 0 Å². The Hall–Kier alpha value is -5.65. The van der Waals surface area contributed by atoms with Crippen LogP contribution in [0.5, 0.6) is 0 Å². The number of hydrogen-bond donors (Lipinski definition) is 4. The van der Waals surface area contributed by atoms with Crippen LogP contribution in [0.2, 0.25) is 0 Å². The number of nitrogens with one attached hydrogen (secondary N) is 4. The molecule has 2 fully saturated rings. The molecule has 0 bridgehead atoms. The van der Waals surface area contributed by atoms with Crippen molar-refractivity contribution < 1.29 is 38.1 Å². The van der Waals surface area contributed by atoms with Gasteiger partial charge in [0, 0.05) is 25.8 Å². The third kappa shape index (κ3) is 9.95. The van der Waals surface area contributed by atoms with Crippen molar-refractivity contribution >= 4 is 28.7 Å². The molecular weight excluding hydrogens is 781 g/mol. The molecule has 4 N–H and O–H groups in total. The number of carbonyl (C=O) groups excluding carboxylic acids is 3. The fraction of sp³-hybridized carbons (Fsp3) is 0.444. The summed E-state index contributed by atoms with van der Waals surface area (Å²) in [6, 6.07) is 19.0. The SMILES string of the molecule is COCOCN[C@H](C(=O)N1CCOC[C@H]1c1ncc(-c2ccc(-c3ccc4cc(-c5cnc([C@@H]6COCCN6C(=O)[C@@H](NC(=O)OC)C(C)C)[nH]5)ccc4c3)cc2)[nH]1)C(C)C. The molecule has 3 aromatic carbocycles. The van der Waals surface area contributed by atoms with Gasteiger partial charge in [0.25, 0.3) is 0 Å². The second-order valence-corrected chi connectivity index (χ2v) is 16.0. The van der Waals surface area contributed by atoms with Crippen molar-refractivity contribution in [1.29, 1.82) is 0 Å². The van der Waals surface area contributed by atoms with Gasteiger partial charge in [-0.2, -0.15) is 0 Å². The van der Waals surface area contributed by atoms with Gasteiger partial charge in [-0.05, 0) is 51.4 Å². The average Bonchev–Trinajstić information content (AvgIpc) is 3.99. The lowest BCUT2D eigenvalue weighted by atomic mass is 9.98. The van der Waals surface area contributed by atoms with Crippen molar-refractivity contribution in [2.24, 2.45) is 11.8 Å². The number of carbonyl (C=O) groups is 3. The minimum atomic E-state index is -0.747. The number of morpholine rings is 2. The van der Waals surface area contributed by atoms with Crippen molar-refractivity contribution in [2.45, 2.75) is 51.9 Å². The number of imidazole rings is 2. The van der Waals surface area contributed by atoms with E-state index in [1.54, 1.807) is 24.4 Å². The van der Waals surface area contributed by atoms with Crippen LogP contribution >= 0.6 is 0 Å². The third-order valence-electron chi connectivity index (χ3n) is 11.3. The molecule has 7 rings (SSSR count). The van der Waals surface area contributed by atoms with Gasteiger partial charge in [-0.1, -0.05) is 76.2 Å². The lowest BCUT2D eigenvalue weighted by Crippen LogP contribution is -2.54. The highest BCUT2D eigenvalue weighted by atomic mass is 16.7. The number of H-pyrrole nitrogens is 2. The second kappa shape index (κ2) is 19.8. The molecule has 0 aliphatic carbocycles. The number of alkyl carbamates (subject to hydrolysis) is 1. The van der Waals surface area contributed by atoms with Crippen LogP contribution in [0.1, 0.15) is 51.4 Å². The first-order valence-corrected chi connectivity index (χ1v) is 20.7. The number of ether oxygens (including phenoxy) is 5. The van der Waals surface area contributed by atoms with Gasteiger partial charge in [0.2, 0.25) is 11.8 Å². The van der Waals surface area contributed by atoms with Gasteiger partial charge in [-0.15, -0.1) is 0 Å². The fourth-order valence-corrected chi connectivity index (χ4v) is 7.87. The summed E-state index contributed by atoms with van der Waals surface area (Å²) in [5.41, 5.74) is 5.76. The highest BCUT2D eigenvalue weighted by Crippen LogP contribution is 2.32. The zero-order valence-electron chi connectivity index (χ0n) is 35.6. The first kappa shape index (κ1) is 43.4. The second-order valence-electron chi connectivity index (χ2n) is 16.0. The van der Waals surface area contributed by atoms with Crippen LogP contribution in [0.3, 0.4) is 0 Å². The number of aromatic nitrogens is 4. The first-order valence-electron chi connectivity index (χ1n) is 20.7. The van der Waals surface area contributed by atoms with Gasteiger partial charge in [0.1, 0.15) is 43.3 Å². The minimum Gasteiger partial charge on any atom is -0.453 e. The number of nitrogens with zero attached hydrogens (tertiary/aromatic N) is 4. The minimum absolute atomic E-state index is 0.0200. The van der Waals surface area contributed by atoms with Crippen LogP contribution in [0, 0.1) is 11.8 Å². The van der Waals surface area contributed by atoms with E-state index >= 15 is 0 Å². The summed E-state index contributed by atoms with van der Waals surface area (Å²) < 4.78 is 26.7. The Morgan fingerprint density at radius 2 is 1.23 bits per heavy atom. The monoisotopic (exact) mass is 836 g/mol. The number of fused-ring (bicyclic) bond motifs is 1.